The second kappa shape index (κ2) is 9.32. The van der Waals surface area contributed by atoms with Crippen molar-refractivity contribution in [2.45, 2.75) is 30.8 Å². The second-order valence-electron chi connectivity index (χ2n) is 8.83. The lowest BCUT2D eigenvalue weighted by atomic mass is 9.97. The van der Waals surface area contributed by atoms with E-state index in [1.165, 1.54) is 0 Å². The van der Waals surface area contributed by atoms with Crippen molar-refractivity contribution in [3.8, 4) is 0 Å². The van der Waals surface area contributed by atoms with Crippen molar-refractivity contribution in [3.63, 3.8) is 0 Å². The van der Waals surface area contributed by atoms with Gasteiger partial charge in [-0.15, -0.1) is 11.8 Å². The van der Waals surface area contributed by atoms with E-state index in [2.05, 4.69) is 5.32 Å². The van der Waals surface area contributed by atoms with Crippen LogP contribution in [0.3, 0.4) is 0 Å². The molecule has 3 aromatic rings. The minimum Gasteiger partial charge on any atom is -0.378 e. The smallest absolute Gasteiger partial charge is 0.256 e. The number of carbonyl (C=O) groups is 2. The van der Waals surface area contributed by atoms with Crippen LogP contribution in [-0.4, -0.2) is 42.1 Å². The number of fused-ring (bicyclic) bond motifs is 1. The number of amides is 2. The maximum Gasteiger partial charge on any atom is 0.256 e. The maximum absolute atomic E-state index is 13.7. The van der Waals surface area contributed by atoms with E-state index in [1.807, 2.05) is 106 Å². The Balaban J connectivity index is 1.68. The molecule has 0 saturated heterocycles. The molecular formula is C27H29N3O2S. The van der Waals surface area contributed by atoms with Crippen LogP contribution in [0.4, 0.5) is 11.4 Å². The third kappa shape index (κ3) is 4.76. The number of thioether (sulfide) groups is 1. The highest BCUT2D eigenvalue weighted by molar-refractivity contribution is 7.99. The lowest BCUT2D eigenvalue weighted by Gasteiger charge is -2.38. The Bertz CT molecular complexity index is 1160. The maximum atomic E-state index is 13.7. The molecule has 1 aliphatic rings. The zero-order chi connectivity index (χ0) is 23.6. The van der Waals surface area contributed by atoms with Gasteiger partial charge in [-0.1, -0.05) is 42.0 Å². The summed E-state index contributed by atoms with van der Waals surface area (Å²) in [5, 5.41) is 3.05. The number of carbonyl (C=O) groups excluding carboxylic acids is 2. The summed E-state index contributed by atoms with van der Waals surface area (Å²) in [7, 11) is 3.95. The van der Waals surface area contributed by atoms with Crippen molar-refractivity contribution in [2.75, 3.05) is 30.1 Å². The van der Waals surface area contributed by atoms with E-state index in [9.17, 15) is 9.59 Å². The van der Waals surface area contributed by atoms with Gasteiger partial charge in [-0.05, 0) is 55.8 Å². The van der Waals surface area contributed by atoms with Gasteiger partial charge in [-0.3, -0.25) is 9.59 Å². The highest BCUT2D eigenvalue weighted by atomic mass is 32.2. The molecule has 0 saturated carbocycles. The molecule has 6 heteroatoms. The summed E-state index contributed by atoms with van der Waals surface area (Å²) >= 11 is 1.55. The number of hydrogen-bond donors (Lipinski definition) is 1. The normalized spacial score (nSPS) is 17.8. The average molecular weight is 460 g/mol. The van der Waals surface area contributed by atoms with Gasteiger partial charge < -0.3 is 15.1 Å². The Morgan fingerprint density at radius 2 is 1.70 bits per heavy atom. The quantitative estimate of drug-likeness (QED) is 0.569. The fourth-order valence-corrected chi connectivity index (χ4v) is 5.06. The van der Waals surface area contributed by atoms with Crippen LogP contribution in [0.25, 0.3) is 0 Å². The predicted octanol–water partition coefficient (Wildman–Crippen LogP) is 5.21. The van der Waals surface area contributed by atoms with Gasteiger partial charge in [-0.2, -0.15) is 0 Å². The lowest BCUT2D eigenvalue weighted by molar-refractivity contribution is -0.125. The number of rotatable bonds is 5. The number of nitrogens with one attached hydrogen (secondary N) is 1. The highest BCUT2D eigenvalue weighted by Gasteiger charge is 2.45. The van der Waals surface area contributed by atoms with Gasteiger partial charge in [0.1, 0.15) is 5.54 Å². The van der Waals surface area contributed by atoms with E-state index < -0.39 is 5.54 Å². The van der Waals surface area contributed by atoms with E-state index in [-0.39, 0.29) is 11.8 Å². The fourth-order valence-electron chi connectivity index (χ4n) is 3.85. The molecular weight excluding hydrogens is 430 g/mol. The number of benzene rings is 3. The molecule has 4 rings (SSSR count). The molecule has 2 amide bonds. The van der Waals surface area contributed by atoms with Crippen molar-refractivity contribution >= 4 is 35.0 Å². The third-order valence-corrected chi connectivity index (χ3v) is 7.43. The summed E-state index contributed by atoms with van der Waals surface area (Å²) < 4.78 is 0. The molecule has 0 unspecified atom stereocenters. The van der Waals surface area contributed by atoms with Crippen LogP contribution in [0.2, 0.25) is 0 Å². The van der Waals surface area contributed by atoms with Gasteiger partial charge in [0.05, 0.1) is 5.56 Å². The standard InChI is InChI=1S/C27H29N3O2S/c1-19-9-11-20(12-10-19)17-30-25(31)23-7-5-6-8-24(23)33-18-27(30,2)26(32)28-21-13-15-22(16-14-21)29(3)4/h5-16H,17-18H2,1-4H3,(H,28,32)/t27-/m0/s1. The molecule has 0 aliphatic carbocycles. The van der Waals surface area contributed by atoms with E-state index in [1.54, 1.807) is 16.7 Å². The first-order valence-corrected chi connectivity index (χ1v) is 11.9. The minimum atomic E-state index is -1.04. The largest absolute Gasteiger partial charge is 0.378 e. The molecule has 0 aromatic heterocycles. The minimum absolute atomic E-state index is 0.128. The highest BCUT2D eigenvalue weighted by Crippen LogP contribution is 2.36. The van der Waals surface area contributed by atoms with E-state index in [4.69, 9.17) is 0 Å². The Labute approximate surface area is 199 Å². The third-order valence-electron chi connectivity index (χ3n) is 6.06. The number of nitrogens with zero attached hydrogens (tertiary/aromatic N) is 2. The number of aryl methyl sites for hydroxylation is 1. The summed E-state index contributed by atoms with van der Waals surface area (Å²) in [4.78, 5) is 32.0. The molecule has 1 N–H and O–H groups in total. The molecule has 33 heavy (non-hydrogen) atoms. The first-order valence-electron chi connectivity index (χ1n) is 11.0. The molecule has 5 nitrogen and oxygen atoms in total. The topological polar surface area (TPSA) is 52.7 Å². The fraction of sp³-hybridized carbons (Fsp3) is 0.259. The molecule has 170 valence electrons. The van der Waals surface area contributed by atoms with E-state index in [0.29, 0.717) is 23.5 Å². The molecule has 1 aliphatic heterocycles. The summed E-state index contributed by atoms with van der Waals surface area (Å²) in [5.41, 5.74) is 3.51. The SMILES string of the molecule is Cc1ccc(CN2C(=O)c3ccccc3SC[C@@]2(C)C(=O)Nc2ccc(N(C)C)cc2)cc1. The summed E-state index contributed by atoms with van der Waals surface area (Å²) in [5.74, 6) is 0.140. The van der Waals surface area contributed by atoms with Crippen LogP contribution < -0.4 is 10.2 Å². The van der Waals surface area contributed by atoms with Crippen LogP contribution in [0.15, 0.2) is 77.7 Å². The van der Waals surface area contributed by atoms with Gasteiger partial charge in [0, 0.05) is 42.7 Å². The van der Waals surface area contributed by atoms with Crippen molar-refractivity contribution in [3.05, 3.63) is 89.5 Å². The summed E-state index contributed by atoms with van der Waals surface area (Å²) in [6.07, 6.45) is 0. The zero-order valence-corrected chi connectivity index (χ0v) is 20.3. The molecule has 1 atom stereocenters. The lowest BCUT2D eigenvalue weighted by Crippen LogP contribution is -2.57. The van der Waals surface area contributed by atoms with E-state index in [0.717, 1.165) is 21.7 Å². The number of anilines is 2. The first-order chi connectivity index (χ1) is 15.8. The Morgan fingerprint density at radius 1 is 1.03 bits per heavy atom. The van der Waals surface area contributed by atoms with Gasteiger partial charge in [0.15, 0.2) is 0 Å². The summed E-state index contributed by atoms with van der Waals surface area (Å²) in [6.45, 7) is 4.26. The monoisotopic (exact) mass is 459 g/mol. The van der Waals surface area contributed by atoms with Crippen molar-refractivity contribution in [1.82, 2.24) is 4.90 Å². The zero-order valence-electron chi connectivity index (χ0n) is 19.5. The second-order valence-corrected chi connectivity index (χ2v) is 9.85. The van der Waals surface area contributed by atoms with Crippen LogP contribution in [0.5, 0.6) is 0 Å². The van der Waals surface area contributed by atoms with Crippen molar-refractivity contribution < 1.29 is 9.59 Å². The summed E-state index contributed by atoms with van der Waals surface area (Å²) in [6, 6.07) is 23.4. The van der Waals surface area contributed by atoms with Gasteiger partial charge in [0.2, 0.25) is 0 Å². The van der Waals surface area contributed by atoms with Gasteiger partial charge >= 0.3 is 0 Å². The van der Waals surface area contributed by atoms with Crippen molar-refractivity contribution in [1.29, 1.82) is 0 Å². The molecule has 0 bridgehead atoms. The molecule has 0 fully saturated rings. The number of hydrogen-bond acceptors (Lipinski definition) is 4. The van der Waals surface area contributed by atoms with Gasteiger partial charge in [-0.25, -0.2) is 0 Å². The van der Waals surface area contributed by atoms with Gasteiger partial charge in [0.25, 0.3) is 11.8 Å². The Hall–Kier alpha value is -3.25. The first kappa shape index (κ1) is 22.9. The molecule has 0 spiro atoms. The van der Waals surface area contributed by atoms with Crippen LogP contribution in [0, 0.1) is 6.92 Å². The Kier molecular flexibility index (Phi) is 6.47. The van der Waals surface area contributed by atoms with E-state index >= 15 is 0 Å². The van der Waals surface area contributed by atoms with Crippen LogP contribution in [-0.2, 0) is 11.3 Å². The molecule has 3 aromatic carbocycles. The van der Waals surface area contributed by atoms with Crippen LogP contribution in [0.1, 0.15) is 28.4 Å². The van der Waals surface area contributed by atoms with Crippen molar-refractivity contribution in [2.24, 2.45) is 0 Å². The Morgan fingerprint density at radius 3 is 2.36 bits per heavy atom. The molecule has 0 radical (unpaired) electrons. The van der Waals surface area contributed by atoms with Crippen LogP contribution >= 0.6 is 11.8 Å². The average Bonchev–Trinajstić information content (AvgIpc) is 2.92. The molecule has 1 heterocycles. The predicted molar refractivity (Wildman–Crippen MR) is 136 cm³/mol.